The van der Waals surface area contributed by atoms with Crippen LogP contribution in [0.5, 0.6) is 0 Å². The lowest BCUT2D eigenvalue weighted by molar-refractivity contribution is 0.233. The van der Waals surface area contributed by atoms with Gasteiger partial charge in [0.1, 0.15) is 0 Å². The highest BCUT2D eigenvalue weighted by atomic mass is 32.2. The highest BCUT2D eigenvalue weighted by molar-refractivity contribution is 8.10. The Hall–Kier alpha value is -0.0600. The topological polar surface area (TPSA) is 39.1 Å². The van der Waals surface area contributed by atoms with Gasteiger partial charge in [-0.05, 0) is 37.9 Å². The zero-order valence-corrected chi connectivity index (χ0v) is 8.20. The predicted octanol–water partition coefficient (Wildman–Crippen LogP) is 1.32. The van der Waals surface area contributed by atoms with E-state index in [1.54, 1.807) is 0 Å². The fourth-order valence-corrected chi connectivity index (χ4v) is 1.78. The van der Waals surface area contributed by atoms with Crippen LogP contribution in [0.4, 0.5) is 0 Å². The van der Waals surface area contributed by atoms with E-state index in [0.29, 0.717) is 0 Å². The SMILES string of the molecule is N=CSNCCN1CCCCC1. The van der Waals surface area contributed by atoms with Gasteiger partial charge >= 0.3 is 0 Å². The molecule has 0 saturated carbocycles. The lowest BCUT2D eigenvalue weighted by Gasteiger charge is -2.26. The Balaban J connectivity index is 1.94. The van der Waals surface area contributed by atoms with Crippen molar-refractivity contribution in [3.8, 4) is 0 Å². The Morgan fingerprint density at radius 1 is 1.33 bits per heavy atom. The maximum Gasteiger partial charge on any atom is 0.0659 e. The minimum atomic E-state index is 0.986. The quantitative estimate of drug-likeness (QED) is 0.295. The van der Waals surface area contributed by atoms with Crippen LogP contribution in [0.2, 0.25) is 0 Å². The summed E-state index contributed by atoms with van der Waals surface area (Å²) in [4.78, 5) is 2.49. The highest BCUT2D eigenvalue weighted by Gasteiger charge is 2.08. The van der Waals surface area contributed by atoms with Crippen molar-refractivity contribution in [1.29, 1.82) is 5.41 Å². The van der Waals surface area contributed by atoms with Gasteiger partial charge < -0.3 is 10.3 Å². The summed E-state index contributed by atoms with van der Waals surface area (Å²) in [6, 6.07) is 0. The maximum atomic E-state index is 6.79. The molecule has 2 N–H and O–H groups in total. The van der Waals surface area contributed by atoms with Crippen molar-refractivity contribution in [3.63, 3.8) is 0 Å². The van der Waals surface area contributed by atoms with Crippen molar-refractivity contribution in [2.75, 3.05) is 26.2 Å². The molecular weight excluding hydrogens is 170 g/mol. The Labute approximate surface area is 78.5 Å². The second-order valence-corrected chi connectivity index (χ2v) is 3.79. The number of nitrogens with zero attached hydrogens (tertiary/aromatic N) is 1. The van der Waals surface area contributed by atoms with Gasteiger partial charge in [0.05, 0.1) is 5.55 Å². The van der Waals surface area contributed by atoms with Crippen molar-refractivity contribution in [2.45, 2.75) is 19.3 Å². The summed E-state index contributed by atoms with van der Waals surface area (Å²) < 4.78 is 3.11. The number of hydrogen-bond acceptors (Lipinski definition) is 4. The first-order chi connectivity index (χ1) is 5.93. The third-order valence-corrected chi connectivity index (χ3v) is 2.61. The van der Waals surface area contributed by atoms with Crippen molar-refractivity contribution in [1.82, 2.24) is 9.62 Å². The summed E-state index contributed by atoms with van der Waals surface area (Å²) in [5.74, 6) is 0. The number of nitrogens with one attached hydrogen (secondary N) is 2. The van der Waals surface area contributed by atoms with Gasteiger partial charge in [0.25, 0.3) is 0 Å². The molecule has 0 aromatic carbocycles. The van der Waals surface area contributed by atoms with Crippen LogP contribution < -0.4 is 4.72 Å². The average Bonchev–Trinajstić information content (AvgIpc) is 2.14. The average molecular weight is 187 g/mol. The van der Waals surface area contributed by atoms with Gasteiger partial charge in [-0.1, -0.05) is 6.42 Å². The smallest absolute Gasteiger partial charge is 0.0659 e. The van der Waals surface area contributed by atoms with Crippen LogP contribution in [0.3, 0.4) is 0 Å². The molecule has 0 atom stereocenters. The highest BCUT2D eigenvalue weighted by Crippen LogP contribution is 2.07. The molecule has 3 nitrogen and oxygen atoms in total. The van der Waals surface area contributed by atoms with E-state index in [9.17, 15) is 0 Å². The maximum absolute atomic E-state index is 6.79. The number of piperidine rings is 1. The van der Waals surface area contributed by atoms with Crippen LogP contribution in [0, 0.1) is 5.41 Å². The first-order valence-electron chi connectivity index (χ1n) is 4.53. The zero-order chi connectivity index (χ0) is 8.65. The Morgan fingerprint density at radius 3 is 2.75 bits per heavy atom. The molecule has 1 aliphatic rings. The van der Waals surface area contributed by atoms with Gasteiger partial charge in [0, 0.05) is 13.1 Å². The minimum Gasteiger partial charge on any atom is -0.302 e. The lowest BCUT2D eigenvalue weighted by Crippen LogP contribution is -2.34. The van der Waals surface area contributed by atoms with Crippen molar-refractivity contribution < 1.29 is 0 Å². The summed E-state index contributed by atoms with van der Waals surface area (Å²) in [6.45, 7) is 4.63. The van der Waals surface area contributed by atoms with Gasteiger partial charge in [0.15, 0.2) is 0 Å². The van der Waals surface area contributed by atoms with Gasteiger partial charge in [-0.2, -0.15) is 0 Å². The molecule has 1 fully saturated rings. The minimum absolute atomic E-state index is 0.986. The summed E-state index contributed by atoms with van der Waals surface area (Å²) in [6.07, 6.45) is 4.12. The van der Waals surface area contributed by atoms with E-state index in [2.05, 4.69) is 9.62 Å². The number of likely N-dealkylation sites (tertiary alicyclic amines) is 1. The largest absolute Gasteiger partial charge is 0.302 e. The van der Waals surface area contributed by atoms with Crippen LogP contribution >= 0.6 is 11.9 Å². The van der Waals surface area contributed by atoms with E-state index in [-0.39, 0.29) is 0 Å². The van der Waals surface area contributed by atoms with E-state index < -0.39 is 0 Å². The molecule has 12 heavy (non-hydrogen) atoms. The van der Waals surface area contributed by atoms with E-state index in [4.69, 9.17) is 5.41 Å². The number of hydrogen-bond donors (Lipinski definition) is 2. The first kappa shape index (κ1) is 10.0. The third-order valence-electron chi connectivity index (χ3n) is 2.12. The molecule has 1 heterocycles. The molecule has 0 unspecified atom stereocenters. The van der Waals surface area contributed by atoms with E-state index >= 15 is 0 Å². The van der Waals surface area contributed by atoms with Crippen molar-refractivity contribution >= 4 is 17.5 Å². The molecule has 0 spiro atoms. The van der Waals surface area contributed by atoms with E-state index in [0.717, 1.165) is 13.1 Å². The van der Waals surface area contributed by atoms with Crippen LogP contribution in [-0.2, 0) is 0 Å². The van der Waals surface area contributed by atoms with Gasteiger partial charge in [-0.15, -0.1) is 0 Å². The molecule has 1 aliphatic heterocycles. The normalized spacial score (nSPS) is 19.3. The fraction of sp³-hybridized carbons (Fsp3) is 0.875. The molecule has 1 rings (SSSR count). The van der Waals surface area contributed by atoms with Crippen molar-refractivity contribution in [2.24, 2.45) is 0 Å². The summed E-state index contributed by atoms with van der Waals surface area (Å²) in [5, 5.41) is 6.79. The summed E-state index contributed by atoms with van der Waals surface area (Å²) in [5.41, 5.74) is 1.33. The van der Waals surface area contributed by atoms with Crippen LogP contribution in [0.1, 0.15) is 19.3 Å². The van der Waals surface area contributed by atoms with Gasteiger partial charge in [0.2, 0.25) is 0 Å². The lowest BCUT2D eigenvalue weighted by atomic mass is 10.1. The zero-order valence-electron chi connectivity index (χ0n) is 7.38. The fourth-order valence-electron chi connectivity index (χ4n) is 1.49. The number of rotatable bonds is 5. The Bertz CT molecular complexity index is 123. The molecule has 0 aromatic rings. The van der Waals surface area contributed by atoms with E-state index in [1.165, 1.54) is 49.8 Å². The molecule has 0 aliphatic carbocycles. The molecule has 1 saturated heterocycles. The molecule has 0 aromatic heterocycles. The van der Waals surface area contributed by atoms with Crippen LogP contribution in [0.15, 0.2) is 0 Å². The van der Waals surface area contributed by atoms with Crippen LogP contribution in [-0.4, -0.2) is 36.6 Å². The molecule has 0 bridgehead atoms. The predicted molar refractivity (Wildman–Crippen MR) is 54.7 cm³/mol. The molecule has 4 heteroatoms. The van der Waals surface area contributed by atoms with Gasteiger partial charge in [-0.3, -0.25) is 4.72 Å². The van der Waals surface area contributed by atoms with Crippen molar-refractivity contribution in [3.05, 3.63) is 0 Å². The molecule has 70 valence electrons. The third kappa shape index (κ3) is 4.09. The second kappa shape index (κ2) is 6.46. The summed E-state index contributed by atoms with van der Waals surface area (Å²) >= 11 is 1.36. The second-order valence-electron chi connectivity index (χ2n) is 3.03. The van der Waals surface area contributed by atoms with Gasteiger partial charge in [-0.25, -0.2) is 0 Å². The monoisotopic (exact) mass is 187 g/mol. The van der Waals surface area contributed by atoms with E-state index in [1.807, 2.05) is 0 Å². The van der Waals surface area contributed by atoms with Crippen LogP contribution in [0.25, 0.3) is 0 Å². The molecule has 0 amide bonds. The first-order valence-corrected chi connectivity index (χ1v) is 5.41. The Kier molecular flexibility index (Phi) is 5.39. The summed E-state index contributed by atoms with van der Waals surface area (Å²) in [7, 11) is 0. The Morgan fingerprint density at radius 2 is 2.08 bits per heavy atom. The standard InChI is InChI=1S/C8H17N3S/c9-8-12-10-4-7-11-5-2-1-3-6-11/h8-10H,1-7H2. The molecular formula is C8H17N3S. The molecule has 0 radical (unpaired) electrons.